The Morgan fingerprint density at radius 3 is 2.81 bits per heavy atom. The van der Waals surface area contributed by atoms with E-state index < -0.39 is 0 Å². The molecule has 5 nitrogen and oxygen atoms in total. The number of hydrogen-bond acceptors (Lipinski definition) is 4. The highest BCUT2D eigenvalue weighted by Gasteiger charge is 2.07. The fourth-order valence-corrected chi connectivity index (χ4v) is 3.37. The Kier molecular flexibility index (Phi) is 4.30. The summed E-state index contributed by atoms with van der Waals surface area (Å²) in [5, 5.41) is 0.718. The first kappa shape index (κ1) is 16.5. The Balaban J connectivity index is 1.52. The maximum Gasteiger partial charge on any atom is 0.258 e. The summed E-state index contributed by atoms with van der Waals surface area (Å²) in [4.78, 5) is 24.3. The van der Waals surface area contributed by atoms with Crippen LogP contribution >= 0.6 is 11.8 Å². The molecule has 1 N–H and O–H groups in total. The molecule has 0 fully saturated rings. The Bertz CT molecular complexity index is 1130. The molecular formula is C19H15FN4OS. The molecule has 0 aliphatic heterocycles. The van der Waals surface area contributed by atoms with Gasteiger partial charge >= 0.3 is 0 Å². The molecule has 0 unspecified atom stereocenters. The molecule has 0 saturated heterocycles. The van der Waals surface area contributed by atoms with Crippen LogP contribution in [0.15, 0.2) is 64.8 Å². The van der Waals surface area contributed by atoms with Gasteiger partial charge in [0, 0.05) is 18.0 Å². The summed E-state index contributed by atoms with van der Waals surface area (Å²) in [7, 11) is 0. The lowest BCUT2D eigenvalue weighted by Crippen LogP contribution is -2.15. The van der Waals surface area contributed by atoms with Crippen LogP contribution in [-0.2, 0) is 5.75 Å². The number of fused-ring (bicyclic) bond motifs is 1. The average molecular weight is 366 g/mol. The average Bonchev–Trinajstić information content (AvgIpc) is 3.10. The van der Waals surface area contributed by atoms with E-state index in [0.29, 0.717) is 17.1 Å². The van der Waals surface area contributed by atoms with Crippen molar-refractivity contribution in [3.63, 3.8) is 0 Å². The van der Waals surface area contributed by atoms with Crippen LogP contribution in [0.1, 0.15) is 11.3 Å². The number of aromatic amines is 1. The van der Waals surface area contributed by atoms with E-state index in [1.807, 2.05) is 19.1 Å². The third-order valence-corrected chi connectivity index (χ3v) is 4.85. The first-order valence-corrected chi connectivity index (χ1v) is 9.00. The van der Waals surface area contributed by atoms with E-state index in [1.54, 1.807) is 35.0 Å². The number of H-pyrrole nitrogens is 1. The molecule has 0 aliphatic rings. The third-order valence-electron chi connectivity index (χ3n) is 3.93. The molecule has 0 radical (unpaired) electrons. The summed E-state index contributed by atoms with van der Waals surface area (Å²) in [6.07, 6.45) is 3.49. The summed E-state index contributed by atoms with van der Waals surface area (Å²) in [6, 6.07) is 11.5. The molecule has 0 saturated carbocycles. The summed E-state index contributed by atoms with van der Waals surface area (Å²) >= 11 is 1.46. The summed E-state index contributed by atoms with van der Waals surface area (Å²) in [5.41, 5.74) is 3.92. The SMILES string of the molecule is Cc1ccc2nc(CSc3ncc(-c4ccc(F)cc4)[nH]3)cc(=O)n2c1. The number of rotatable bonds is 4. The highest BCUT2D eigenvalue weighted by molar-refractivity contribution is 7.98. The van der Waals surface area contributed by atoms with E-state index >= 15 is 0 Å². The van der Waals surface area contributed by atoms with Gasteiger partial charge in [-0.3, -0.25) is 9.20 Å². The zero-order valence-electron chi connectivity index (χ0n) is 13.9. The molecule has 130 valence electrons. The number of hydrogen-bond donors (Lipinski definition) is 1. The number of aryl methyl sites for hydroxylation is 1. The highest BCUT2D eigenvalue weighted by Crippen LogP contribution is 2.23. The van der Waals surface area contributed by atoms with E-state index in [9.17, 15) is 9.18 Å². The number of pyridine rings is 1. The zero-order chi connectivity index (χ0) is 18.1. The largest absolute Gasteiger partial charge is 0.333 e. The van der Waals surface area contributed by atoms with Crippen LogP contribution in [0.2, 0.25) is 0 Å². The number of nitrogens with zero attached hydrogens (tertiary/aromatic N) is 3. The Morgan fingerprint density at radius 2 is 2.00 bits per heavy atom. The molecule has 7 heteroatoms. The number of aromatic nitrogens is 4. The normalized spacial score (nSPS) is 11.2. The monoisotopic (exact) mass is 366 g/mol. The van der Waals surface area contributed by atoms with Gasteiger partial charge in [-0.15, -0.1) is 0 Å². The number of benzene rings is 1. The van der Waals surface area contributed by atoms with Crippen molar-refractivity contribution in [3.05, 3.63) is 82.3 Å². The standard InChI is InChI=1S/C19H15FN4OS/c1-12-2-7-17-22-15(8-18(25)24(17)10-12)11-26-19-21-9-16(23-19)13-3-5-14(20)6-4-13/h2-10H,11H2,1H3,(H,21,23). The second-order valence-electron chi connectivity index (χ2n) is 5.92. The van der Waals surface area contributed by atoms with Gasteiger partial charge in [0.05, 0.1) is 17.6 Å². The fraction of sp³-hybridized carbons (Fsp3) is 0.105. The molecule has 0 bridgehead atoms. The predicted octanol–water partition coefficient (Wildman–Crippen LogP) is 3.82. The smallest absolute Gasteiger partial charge is 0.258 e. The highest BCUT2D eigenvalue weighted by atomic mass is 32.2. The van der Waals surface area contributed by atoms with Crippen LogP contribution in [0.25, 0.3) is 16.9 Å². The van der Waals surface area contributed by atoms with Gasteiger partial charge in [0.2, 0.25) is 0 Å². The lowest BCUT2D eigenvalue weighted by Gasteiger charge is -2.04. The summed E-state index contributed by atoms with van der Waals surface area (Å²) in [6.45, 7) is 1.94. The van der Waals surface area contributed by atoms with Crippen molar-refractivity contribution in [2.75, 3.05) is 0 Å². The maximum absolute atomic E-state index is 13.0. The van der Waals surface area contributed by atoms with Gasteiger partial charge in [-0.2, -0.15) is 0 Å². The van der Waals surface area contributed by atoms with Crippen LogP contribution in [-0.4, -0.2) is 19.4 Å². The van der Waals surface area contributed by atoms with Gasteiger partial charge < -0.3 is 4.98 Å². The van der Waals surface area contributed by atoms with E-state index in [2.05, 4.69) is 15.0 Å². The van der Waals surface area contributed by atoms with Gasteiger partial charge in [-0.1, -0.05) is 17.8 Å². The van der Waals surface area contributed by atoms with Crippen LogP contribution in [0.3, 0.4) is 0 Å². The first-order chi connectivity index (χ1) is 12.6. The molecule has 0 aliphatic carbocycles. The summed E-state index contributed by atoms with van der Waals surface area (Å²) < 4.78 is 14.6. The third kappa shape index (κ3) is 3.39. The summed E-state index contributed by atoms with van der Waals surface area (Å²) in [5.74, 6) is 0.252. The van der Waals surface area contributed by atoms with E-state index in [1.165, 1.54) is 23.9 Å². The van der Waals surface area contributed by atoms with Crippen molar-refractivity contribution in [1.82, 2.24) is 19.4 Å². The van der Waals surface area contributed by atoms with Crippen LogP contribution < -0.4 is 5.56 Å². The van der Waals surface area contributed by atoms with Crippen LogP contribution in [0, 0.1) is 12.7 Å². The molecule has 0 spiro atoms. The van der Waals surface area contributed by atoms with Gasteiger partial charge in [-0.05, 0) is 48.4 Å². The topological polar surface area (TPSA) is 63.0 Å². The van der Waals surface area contributed by atoms with Crippen LogP contribution in [0.4, 0.5) is 4.39 Å². The molecule has 0 amide bonds. The van der Waals surface area contributed by atoms with Gasteiger partial charge in [-0.25, -0.2) is 14.4 Å². The molecule has 3 aromatic heterocycles. The number of thioether (sulfide) groups is 1. The zero-order valence-corrected chi connectivity index (χ0v) is 14.8. The lowest BCUT2D eigenvalue weighted by atomic mass is 10.2. The Hall–Kier alpha value is -2.93. The maximum atomic E-state index is 13.0. The van der Waals surface area contributed by atoms with E-state index in [0.717, 1.165) is 22.0 Å². The van der Waals surface area contributed by atoms with Crippen LogP contribution in [0.5, 0.6) is 0 Å². The van der Waals surface area contributed by atoms with E-state index in [4.69, 9.17) is 0 Å². The van der Waals surface area contributed by atoms with Gasteiger partial charge in [0.25, 0.3) is 5.56 Å². The predicted molar refractivity (Wildman–Crippen MR) is 99.7 cm³/mol. The second-order valence-corrected chi connectivity index (χ2v) is 6.88. The fourth-order valence-electron chi connectivity index (χ4n) is 2.63. The first-order valence-electron chi connectivity index (χ1n) is 8.01. The minimum atomic E-state index is -0.272. The Labute approximate surface area is 153 Å². The minimum Gasteiger partial charge on any atom is -0.333 e. The Morgan fingerprint density at radius 1 is 1.19 bits per heavy atom. The molecule has 26 heavy (non-hydrogen) atoms. The molecular weight excluding hydrogens is 351 g/mol. The van der Waals surface area contributed by atoms with Crippen molar-refractivity contribution in [3.8, 4) is 11.3 Å². The van der Waals surface area contributed by atoms with Crippen molar-refractivity contribution in [1.29, 1.82) is 0 Å². The van der Waals surface area contributed by atoms with Crippen molar-refractivity contribution in [2.45, 2.75) is 17.8 Å². The minimum absolute atomic E-state index is 0.0965. The second kappa shape index (κ2) is 6.76. The van der Waals surface area contributed by atoms with E-state index in [-0.39, 0.29) is 11.4 Å². The molecule has 4 aromatic rings. The molecule has 4 rings (SSSR count). The number of halogens is 1. The van der Waals surface area contributed by atoms with Crippen molar-refractivity contribution in [2.24, 2.45) is 0 Å². The quantitative estimate of drug-likeness (QED) is 0.558. The van der Waals surface area contributed by atoms with Gasteiger partial charge in [0.1, 0.15) is 11.5 Å². The van der Waals surface area contributed by atoms with Crippen molar-refractivity contribution < 1.29 is 4.39 Å². The van der Waals surface area contributed by atoms with Gasteiger partial charge in [0.15, 0.2) is 5.16 Å². The molecule has 0 atom stereocenters. The lowest BCUT2D eigenvalue weighted by molar-refractivity contribution is 0.628. The number of nitrogens with one attached hydrogen (secondary N) is 1. The van der Waals surface area contributed by atoms with Crippen molar-refractivity contribution >= 4 is 17.4 Å². The molecule has 1 aromatic carbocycles. The molecule has 3 heterocycles. The number of imidazole rings is 1.